The van der Waals surface area contributed by atoms with Gasteiger partial charge in [-0.1, -0.05) is 6.07 Å². The van der Waals surface area contributed by atoms with Crippen LogP contribution in [0.1, 0.15) is 29.7 Å². The standard InChI is InChI=1S/C10H8F6O.CH3.BrH.Mg/c1-5(17)7-3-2-6(9(11,12)13)4-8(7)10(14,15)16;;;/h2-5,17H,1H3;1H3;1H;/q;-1;;+2/p-1. The Bertz CT molecular complexity index is 416. The molecule has 0 saturated heterocycles. The molecule has 1 aromatic rings. The quantitative estimate of drug-likeness (QED) is 0.437. The summed E-state index contributed by atoms with van der Waals surface area (Å²) < 4.78 is 74.3. The van der Waals surface area contributed by atoms with E-state index < -0.39 is 35.1 Å². The molecule has 0 bridgehead atoms. The first kappa shape index (κ1) is 25.0. The summed E-state index contributed by atoms with van der Waals surface area (Å²) in [5, 5.41) is 9.08. The van der Waals surface area contributed by atoms with Crippen LogP contribution in [0.2, 0.25) is 0 Å². The molecular formula is C11H11BrF6MgO. The van der Waals surface area contributed by atoms with Crippen LogP contribution < -0.4 is 17.0 Å². The third kappa shape index (κ3) is 6.19. The number of hydrogen-bond acceptors (Lipinski definition) is 1. The first-order chi connectivity index (χ1) is 7.53. The zero-order valence-electron chi connectivity index (χ0n) is 10.6. The third-order valence-electron chi connectivity index (χ3n) is 2.14. The molecule has 1 atom stereocenters. The Morgan fingerprint density at radius 3 is 1.75 bits per heavy atom. The second-order valence-corrected chi connectivity index (χ2v) is 3.47. The number of aliphatic hydroxyl groups excluding tert-OH is 1. The third-order valence-corrected chi connectivity index (χ3v) is 2.14. The van der Waals surface area contributed by atoms with E-state index in [-0.39, 0.29) is 53.5 Å². The molecule has 112 valence electrons. The van der Waals surface area contributed by atoms with Crippen LogP contribution in [0.25, 0.3) is 0 Å². The molecule has 1 rings (SSSR count). The number of rotatable bonds is 1. The van der Waals surface area contributed by atoms with Gasteiger partial charge in [-0.15, -0.1) is 0 Å². The molecule has 0 radical (unpaired) electrons. The Labute approximate surface area is 139 Å². The summed E-state index contributed by atoms with van der Waals surface area (Å²) in [5.74, 6) is 0. The number of halogens is 7. The van der Waals surface area contributed by atoms with Gasteiger partial charge in [-0.2, -0.15) is 26.3 Å². The van der Waals surface area contributed by atoms with Crippen molar-refractivity contribution >= 4 is 23.1 Å². The molecule has 0 amide bonds. The van der Waals surface area contributed by atoms with Crippen molar-refractivity contribution < 1.29 is 48.4 Å². The SMILES string of the molecule is CC(O)c1ccc(C(F)(F)F)cc1C(F)(F)F.[Br-].[CH3-].[Mg+2]. The Kier molecular flexibility index (Phi) is 10.6. The van der Waals surface area contributed by atoms with E-state index in [1.807, 2.05) is 0 Å². The molecule has 0 spiro atoms. The predicted molar refractivity (Wildman–Crippen MR) is 59.2 cm³/mol. The van der Waals surface area contributed by atoms with Gasteiger partial charge in [-0.3, -0.25) is 0 Å². The maximum Gasteiger partial charge on any atom is 2.00 e. The molecular weight excluding hydrogens is 366 g/mol. The summed E-state index contributed by atoms with van der Waals surface area (Å²) in [6.07, 6.45) is -11.3. The average Bonchev–Trinajstić information content (AvgIpc) is 2.14. The number of benzene rings is 1. The van der Waals surface area contributed by atoms with Crippen LogP contribution >= 0.6 is 0 Å². The maximum absolute atomic E-state index is 12.5. The van der Waals surface area contributed by atoms with Crippen LogP contribution in [-0.4, -0.2) is 28.2 Å². The van der Waals surface area contributed by atoms with Crippen molar-refractivity contribution in [3.63, 3.8) is 0 Å². The van der Waals surface area contributed by atoms with Crippen LogP contribution in [0, 0.1) is 7.43 Å². The monoisotopic (exact) mass is 376 g/mol. The van der Waals surface area contributed by atoms with Gasteiger partial charge in [0.05, 0.1) is 17.2 Å². The fraction of sp³-hybridized carbons (Fsp3) is 0.364. The van der Waals surface area contributed by atoms with Crippen LogP contribution in [-0.2, 0) is 12.4 Å². The minimum atomic E-state index is -4.94. The van der Waals surface area contributed by atoms with Crippen molar-refractivity contribution in [1.82, 2.24) is 0 Å². The first-order valence-electron chi connectivity index (χ1n) is 4.50. The fourth-order valence-corrected chi connectivity index (χ4v) is 1.34. The molecule has 1 aromatic carbocycles. The molecule has 0 aliphatic carbocycles. The molecule has 0 aliphatic heterocycles. The van der Waals surface area contributed by atoms with Crippen LogP contribution in [0.4, 0.5) is 26.3 Å². The van der Waals surface area contributed by atoms with Crippen LogP contribution in [0.3, 0.4) is 0 Å². The van der Waals surface area contributed by atoms with Gasteiger partial charge in [0.25, 0.3) is 0 Å². The van der Waals surface area contributed by atoms with E-state index in [9.17, 15) is 26.3 Å². The topological polar surface area (TPSA) is 20.2 Å². The van der Waals surface area contributed by atoms with Gasteiger partial charge in [0.2, 0.25) is 0 Å². The number of aliphatic hydroxyl groups is 1. The summed E-state index contributed by atoms with van der Waals surface area (Å²) in [7, 11) is 0. The van der Waals surface area contributed by atoms with Crippen molar-refractivity contribution in [3.05, 3.63) is 42.3 Å². The summed E-state index contributed by atoms with van der Waals surface area (Å²) in [6, 6.07) is 1.15. The summed E-state index contributed by atoms with van der Waals surface area (Å²) in [5.41, 5.74) is -3.44. The normalized spacial score (nSPS) is 12.6. The van der Waals surface area contributed by atoms with Gasteiger partial charge >= 0.3 is 35.4 Å². The van der Waals surface area contributed by atoms with Crippen LogP contribution in [0.5, 0.6) is 0 Å². The summed E-state index contributed by atoms with van der Waals surface area (Å²) in [4.78, 5) is 0. The van der Waals surface area contributed by atoms with Gasteiger partial charge in [0.1, 0.15) is 0 Å². The van der Waals surface area contributed by atoms with E-state index in [0.29, 0.717) is 12.1 Å². The Hall–Kier alpha value is 0.00623. The van der Waals surface area contributed by atoms with Crippen molar-refractivity contribution in [1.29, 1.82) is 0 Å². The van der Waals surface area contributed by atoms with E-state index in [0.717, 1.165) is 6.92 Å². The smallest absolute Gasteiger partial charge is 1.00 e. The zero-order valence-corrected chi connectivity index (χ0v) is 13.6. The van der Waals surface area contributed by atoms with Crippen molar-refractivity contribution in [2.75, 3.05) is 0 Å². The summed E-state index contributed by atoms with van der Waals surface area (Å²) in [6.45, 7) is 1.05. The molecule has 0 fully saturated rings. The molecule has 1 nitrogen and oxygen atoms in total. The second-order valence-electron chi connectivity index (χ2n) is 3.47. The van der Waals surface area contributed by atoms with E-state index in [2.05, 4.69) is 0 Å². The van der Waals surface area contributed by atoms with Gasteiger partial charge in [0, 0.05) is 0 Å². The molecule has 0 aliphatic rings. The first-order valence-corrected chi connectivity index (χ1v) is 4.50. The number of hydrogen-bond donors (Lipinski definition) is 1. The minimum Gasteiger partial charge on any atom is -1.00 e. The predicted octanol–water partition coefficient (Wildman–Crippen LogP) is 0.851. The van der Waals surface area contributed by atoms with Gasteiger partial charge < -0.3 is 29.5 Å². The Morgan fingerprint density at radius 1 is 1.00 bits per heavy atom. The molecule has 1 unspecified atom stereocenters. The Morgan fingerprint density at radius 2 is 1.45 bits per heavy atom. The van der Waals surface area contributed by atoms with Gasteiger partial charge in [-0.05, 0) is 24.6 Å². The molecule has 20 heavy (non-hydrogen) atoms. The van der Waals surface area contributed by atoms with Gasteiger partial charge in [-0.25, -0.2) is 0 Å². The maximum atomic E-state index is 12.5. The van der Waals surface area contributed by atoms with E-state index >= 15 is 0 Å². The van der Waals surface area contributed by atoms with E-state index in [1.54, 1.807) is 0 Å². The van der Waals surface area contributed by atoms with E-state index in [1.165, 1.54) is 0 Å². The fourth-order valence-electron chi connectivity index (χ4n) is 1.34. The molecule has 0 saturated carbocycles. The van der Waals surface area contributed by atoms with Gasteiger partial charge in [0.15, 0.2) is 0 Å². The van der Waals surface area contributed by atoms with Crippen LogP contribution in [0.15, 0.2) is 18.2 Å². The summed E-state index contributed by atoms with van der Waals surface area (Å²) >= 11 is 0. The van der Waals surface area contributed by atoms with Crippen molar-refractivity contribution in [2.24, 2.45) is 0 Å². The average molecular weight is 377 g/mol. The molecule has 1 N–H and O–H groups in total. The largest absolute Gasteiger partial charge is 2.00 e. The van der Waals surface area contributed by atoms with E-state index in [4.69, 9.17) is 5.11 Å². The number of alkyl halides is 6. The molecule has 0 aromatic heterocycles. The Balaban J connectivity index is -0.000000963. The van der Waals surface area contributed by atoms with Crippen molar-refractivity contribution in [3.8, 4) is 0 Å². The molecule has 0 heterocycles. The second kappa shape index (κ2) is 8.45. The minimum absolute atomic E-state index is 0. The molecule has 9 heteroatoms. The van der Waals surface area contributed by atoms with Crippen molar-refractivity contribution in [2.45, 2.75) is 25.4 Å². The zero-order chi connectivity index (χ0) is 13.4.